The summed E-state index contributed by atoms with van der Waals surface area (Å²) in [5.74, 6) is -0.477. The molecule has 2 rings (SSSR count). The van der Waals surface area contributed by atoms with E-state index in [2.05, 4.69) is 10.6 Å². The number of rotatable bonds is 5. The van der Waals surface area contributed by atoms with Crippen molar-refractivity contribution in [3.8, 4) is 0 Å². The van der Waals surface area contributed by atoms with Gasteiger partial charge < -0.3 is 15.4 Å². The van der Waals surface area contributed by atoms with Gasteiger partial charge in [-0.2, -0.15) is 0 Å². The molecule has 0 aromatic heterocycles. The summed E-state index contributed by atoms with van der Waals surface area (Å²) < 4.78 is 4.80. The van der Waals surface area contributed by atoms with Crippen LogP contribution in [-0.2, 0) is 16.0 Å². The molecule has 2 aromatic carbocycles. The molecule has 0 aliphatic rings. The van der Waals surface area contributed by atoms with Crippen molar-refractivity contribution in [2.24, 2.45) is 0 Å². The highest BCUT2D eigenvalue weighted by Gasteiger charge is 2.22. The van der Waals surface area contributed by atoms with Crippen molar-refractivity contribution in [1.29, 1.82) is 0 Å². The van der Waals surface area contributed by atoms with Gasteiger partial charge in [0.2, 0.25) is 0 Å². The van der Waals surface area contributed by atoms with Gasteiger partial charge in [0, 0.05) is 12.1 Å². The summed E-state index contributed by atoms with van der Waals surface area (Å²) in [5, 5.41) is 5.48. The van der Waals surface area contributed by atoms with Gasteiger partial charge in [-0.3, -0.25) is 0 Å². The summed E-state index contributed by atoms with van der Waals surface area (Å²) in [4.78, 5) is 24.2. The Kier molecular flexibility index (Phi) is 5.95. The number of aryl methyl sites for hydroxylation is 2. The molecule has 0 radical (unpaired) electrons. The van der Waals surface area contributed by atoms with Crippen molar-refractivity contribution in [3.63, 3.8) is 0 Å². The summed E-state index contributed by atoms with van der Waals surface area (Å²) in [6.07, 6.45) is 0.369. The number of hydrogen-bond donors (Lipinski definition) is 2. The van der Waals surface area contributed by atoms with Gasteiger partial charge in [-0.05, 0) is 36.6 Å². The highest BCUT2D eigenvalue weighted by Crippen LogP contribution is 2.16. The summed E-state index contributed by atoms with van der Waals surface area (Å²) in [6.45, 7) is 3.87. The van der Waals surface area contributed by atoms with Crippen LogP contribution >= 0.6 is 0 Å². The fraction of sp³-hybridized carbons (Fsp3) is 0.263. The predicted octanol–water partition coefficient (Wildman–Crippen LogP) is 3.21. The summed E-state index contributed by atoms with van der Waals surface area (Å²) >= 11 is 0. The minimum atomic E-state index is -0.748. The number of nitrogens with one attached hydrogen (secondary N) is 2. The van der Waals surface area contributed by atoms with E-state index in [1.807, 2.05) is 62.4 Å². The molecule has 5 heteroatoms. The highest BCUT2D eigenvalue weighted by atomic mass is 16.5. The van der Waals surface area contributed by atoms with Crippen molar-refractivity contribution >= 4 is 17.7 Å². The van der Waals surface area contributed by atoms with E-state index in [0.29, 0.717) is 6.42 Å². The highest BCUT2D eigenvalue weighted by molar-refractivity contribution is 5.93. The largest absolute Gasteiger partial charge is 0.467 e. The van der Waals surface area contributed by atoms with Crippen molar-refractivity contribution in [2.45, 2.75) is 26.3 Å². The van der Waals surface area contributed by atoms with Crippen LogP contribution in [-0.4, -0.2) is 25.2 Å². The lowest BCUT2D eigenvalue weighted by Gasteiger charge is -2.18. The van der Waals surface area contributed by atoms with Crippen LogP contribution in [0.15, 0.2) is 48.5 Å². The first-order valence-electron chi connectivity index (χ1n) is 7.76. The number of ether oxygens (including phenoxy) is 1. The van der Waals surface area contributed by atoms with Crippen LogP contribution < -0.4 is 10.6 Å². The molecule has 1 atom stereocenters. The van der Waals surface area contributed by atoms with Crippen LogP contribution in [0, 0.1) is 13.8 Å². The van der Waals surface area contributed by atoms with Gasteiger partial charge in [0.05, 0.1) is 7.11 Å². The molecular weight excluding hydrogens is 304 g/mol. The van der Waals surface area contributed by atoms with Gasteiger partial charge in [-0.25, -0.2) is 9.59 Å². The molecule has 0 saturated carbocycles. The number of hydrogen-bond acceptors (Lipinski definition) is 3. The molecule has 24 heavy (non-hydrogen) atoms. The predicted molar refractivity (Wildman–Crippen MR) is 94.0 cm³/mol. The number of carbonyl (C=O) groups is 2. The third-order valence-corrected chi connectivity index (χ3v) is 3.71. The number of benzene rings is 2. The number of carbonyl (C=O) groups excluding carboxylic acids is 2. The molecule has 0 aliphatic heterocycles. The van der Waals surface area contributed by atoms with Crippen molar-refractivity contribution < 1.29 is 14.3 Å². The average molecular weight is 326 g/mol. The first-order chi connectivity index (χ1) is 11.5. The second-order valence-corrected chi connectivity index (χ2v) is 5.68. The van der Waals surface area contributed by atoms with Crippen LogP contribution in [0.3, 0.4) is 0 Å². The second-order valence-electron chi connectivity index (χ2n) is 5.68. The van der Waals surface area contributed by atoms with E-state index in [9.17, 15) is 9.59 Å². The number of anilines is 1. The van der Waals surface area contributed by atoms with E-state index in [1.165, 1.54) is 7.11 Å². The van der Waals surface area contributed by atoms with Gasteiger partial charge in [0.25, 0.3) is 0 Å². The fourth-order valence-electron chi connectivity index (χ4n) is 2.37. The maximum atomic E-state index is 12.3. The molecule has 2 N–H and O–H groups in total. The van der Waals surface area contributed by atoms with Gasteiger partial charge in [0.15, 0.2) is 0 Å². The third-order valence-electron chi connectivity index (χ3n) is 3.71. The minimum Gasteiger partial charge on any atom is -0.467 e. The van der Waals surface area contributed by atoms with E-state index in [0.717, 1.165) is 22.4 Å². The Balaban J connectivity index is 2.07. The lowest BCUT2D eigenvalue weighted by atomic mass is 10.1. The molecule has 0 fully saturated rings. The zero-order valence-corrected chi connectivity index (χ0v) is 14.1. The number of esters is 1. The quantitative estimate of drug-likeness (QED) is 0.829. The third kappa shape index (κ3) is 4.84. The van der Waals surface area contributed by atoms with E-state index < -0.39 is 18.0 Å². The van der Waals surface area contributed by atoms with E-state index in [1.54, 1.807) is 0 Å². The Morgan fingerprint density at radius 3 is 2.46 bits per heavy atom. The zero-order chi connectivity index (χ0) is 17.5. The van der Waals surface area contributed by atoms with Crippen molar-refractivity contribution in [1.82, 2.24) is 5.32 Å². The van der Waals surface area contributed by atoms with Gasteiger partial charge >= 0.3 is 12.0 Å². The Morgan fingerprint density at radius 1 is 1.08 bits per heavy atom. The van der Waals surface area contributed by atoms with Crippen LogP contribution in [0.2, 0.25) is 0 Å². The molecular formula is C19H22N2O3. The molecule has 0 bridgehead atoms. The van der Waals surface area contributed by atoms with Gasteiger partial charge in [0.1, 0.15) is 6.04 Å². The number of amides is 2. The van der Waals surface area contributed by atoms with Gasteiger partial charge in [-0.15, -0.1) is 0 Å². The van der Waals surface area contributed by atoms with Crippen molar-refractivity contribution in [3.05, 3.63) is 65.2 Å². The molecule has 2 amide bonds. The molecule has 5 nitrogen and oxygen atoms in total. The molecule has 126 valence electrons. The summed E-state index contributed by atoms with van der Waals surface area (Å²) in [7, 11) is 1.31. The number of urea groups is 1. The van der Waals surface area contributed by atoms with Crippen LogP contribution in [0.1, 0.15) is 16.7 Å². The smallest absolute Gasteiger partial charge is 0.328 e. The summed E-state index contributed by atoms with van der Waals surface area (Å²) in [6, 6.07) is 14.1. The molecule has 0 heterocycles. The standard InChI is InChI=1S/C19H22N2O3/c1-13-9-10-14(2)16(11-13)20-19(23)21-17(18(22)24-3)12-15-7-5-4-6-8-15/h4-11,17H,12H2,1-3H3,(H2,20,21,23)/t17-/m0/s1. The molecule has 0 aliphatic carbocycles. The fourth-order valence-corrected chi connectivity index (χ4v) is 2.37. The Bertz CT molecular complexity index is 714. The van der Waals surface area contributed by atoms with E-state index >= 15 is 0 Å². The monoisotopic (exact) mass is 326 g/mol. The van der Waals surface area contributed by atoms with Gasteiger partial charge in [-0.1, -0.05) is 42.5 Å². The van der Waals surface area contributed by atoms with Crippen molar-refractivity contribution in [2.75, 3.05) is 12.4 Å². The number of methoxy groups -OCH3 is 1. The molecule has 0 unspecified atom stereocenters. The maximum absolute atomic E-state index is 12.3. The normalized spacial score (nSPS) is 11.5. The van der Waals surface area contributed by atoms with Crippen LogP contribution in [0.5, 0.6) is 0 Å². The average Bonchev–Trinajstić information content (AvgIpc) is 2.57. The second kappa shape index (κ2) is 8.15. The first-order valence-corrected chi connectivity index (χ1v) is 7.76. The minimum absolute atomic E-state index is 0.369. The Hall–Kier alpha value is -2.82. The van der Waals surface area contributed by atoms with Crippen LogP contribution in [0.4, 0.5) is 10.5 Å². The Labute approximate surface area is 142 Å². The first kappa shape index (κ1) is 17.5. The van der Waals surface area contributed by atoms with Crippen LogP contribution in [0.25, 0.3) is 0 Å². The maximum Gasteiger partial charge on any atom is 0.328 e. The molecule has 2 aromatic rings. The van der Waals surface area contributed by atoms with E-state index in [4.69, 9.17) is 4.74 Å². The SMILES string of the molecule is COC(=O)[C@H](Cc1ccccc1)NC(=O)Nc1cc(C)ccc1C. The van der Waals surface area contributed by atoms with E-state index in [-0.39, 0.29) is 0 Å². The lowest BCUT2D eigenvalue weighted by molar-refractivity contribution is -0.142. The Morgan fingerprint density at radius 2 is 1.79 bits per heavy atom. The molecule has 0 spiro atoms. The summed E-state index contributed by atoms with van der Waals surface area (Å²) in [5.41, 5.74) is 3.66. The zero-order valence-electron chi connectivity index (χ0n) is 14.1. The topological polar surface area (TPSA) is 67.4 Å². The molecule has 0 saturated heterocycles. The lowest BCUT2D eigenvalue weighted by Crippen LogP contribution is -2.45.